The first-order valence-corrected chi connectivity index (χ1v) is 18.1. The van der Waals surface area contributed by atoms with Gasteiger partial charge in [-0.2, -0.15) is 0 Å². The number of thiophene rings is 1. The van der Waals surface area contributed by atoms with E-state index in [1.165, 1.54) is 48.3 Å². The number of rotatable bonds is 8. The highest BCUT2D eigenvalue weighted by molar-refractivity contribution is 7.92. The molecule has 2 aromatic heterocycles. The van der Waals surface area contributed by atoms with E-state index in [4.69, 9.17) is 4.98 Å². The molecule has 6 rings (SSSR count). The van der Waals surface area contributed by atoms with Gasteiger partial charge in [0.25, 0.3) is 5.91 Å². The Bertz CT molecular complexity index is 1590. The number of anilines is 1. The highest BCUT2D eigenvalue weighted by atomic mass is 32.2. The third kappa shape index (κ3) is 6.84. The molecule has 1 saturated heterocycles. The quantitative estimate of drug-likeness (QED) is 0.302. The van der Waals surface area contributed by atoms with Crippen molar-refractivity contribution in [2.75, 3.05) is 30.6 Å². The maximum atomic E-state index is 13.7. The molecule has 226 valence electrons. The molecule has 1 saturated carbocycles. The third-order valence-corrected chi connectivity index (χ3v) is 11.3. The van der Waals surface area contributed by atoms with Crippen molar-refractivity contribution in [2.24, 2.45) is 16.7 Å². The molecule has 1 spiro atoms. The Morgan fingerprint density at radius 2 is 2.00 bits per heavy atom. The third-order valence-electron chi connectivity index (χ3n) is 9.65. The van der Waals surface area contributed by atoms with E-state index in [-0.39, 0.29) is 17.4 Å². The minimum atomic E-state index is -3.41. The molecule has 9 heteroatoms. The summed E-state index contributed by atoms with van der Waals surface area (Å²) in [5, 5.41) is 4.35. The van der Waals surface area contributed by atoms with Crippen LogP contribution in [0.3, 0.4) is 0 Å². The molecule has 2 fully saturated rings. The SMILES string of the molecule is CC(C)(C)[C@H]1CCc2nc3sc(C(=O)N[C@H](CCN4CCCC5(CC5)C4)c4cccc(NS(C)(=O)=O)c4)cc3cc2C1. The first-order chi connectivity index (χ1) is 19.9. The van der Waals surface area contributed by atoms with Gasteiger partial charge in [0.1, 0.15) is 4.83 Å². The molecule has 1 aromatic carbocycles. The number of carbonyl (C=O) groups excluding carboxylic acids is 1. The maximum absolute atomic E-state index is 13.7. The lowest BCUT2D eigenvalue weighted by Crippen LogP contribution is -2.39. The Balaban J connectivity index is 1.22. The van der Waals surface area contributed by atoms with Gasteiger partial charge in [-0.3, -0.25) is 9.52 Å². The molecule has 1 aliphatic heterocycles. The number of carbonyl (C=O) groups is 1. The largest absolute Gasteiger partial charge is 0.344 e. The first-order valence-electron chi connectivity index (χ1n) is 15.4. The van der Waals surface area contributed by atoms with Crippen molar-refractivity contribution in [1.82, 2.24) is 15.2 Å². The van der Waals surface area contributed by atoms with Crippen LogP contribution in [0.5, 0.6) is 0 Å². The summed E-state index contributed by atoms with van der Waals surface area (Å²) in [7, 11) is -3.41. The number of nitrogens with one attached hydrogen (secondary N) is 2. The molecule has 3 heterocycles. The number of sulfonamides is 1. The van der Waals surface area contributed by atoms with Crippen molar-refractivity contribution in [1.29, 1.82) is 0 Å². The van der Waals surface area contributed by atoms with E-state index in [1.54, 1.807) is 6.07 Å². The van der Waals surface area contributed by atoms with Crippen molar-refractivity contribution in [2.45, 2.75) is 78.2 Å². The monoisotopic (exact) mass is 608 g/mol. The average molecular weight is 609 g/mol. The van der Waals surface area contributed by atoms with Crippen LogP contribution in [0.1, 0.15) is 91.8 Å². The minimum Gasteiger partial charge on any atom is -0.344 e. The zero-order valence-electron chi connectivity index (χ0n) is 25.3. The number of aryl methyl sites for hydroxylation is 1. The van der Waals surface area contributed by atoms with Crippen LogP contribution in [0.25, 0.3) is 10.2 Å². The van der Waals surface area contributed by atoms with Gasteiger partial charge in [0, 0.05) is 29.9 Å². The first kappa shape index (κ1) is 29.6. The molecule has 42 heavy (non-hydrogen) atoms. The van der Waals surface area contributed by atoms with Crippen LogP contribution in [0, 0.1) is 16.7 Å². The van der Waals surface area contributed by atoms with Gasteiger partial charge in [0.05, 0.1) is 17.2 Å². The smallest absolute Gasteiger partial charge is 0.261 e. The van der Waals surface area contributed by atoms with Crippen molar-refractivity contribution in [3.63, 3.8) is 0 Å². The number of piperidine rings is 1. The topological polar surface area (TPSA) is 91.4 Å². The summed E-state index contributed by atoms with van der Waals surface area (Å²) in [6.07, 6.45) is 10.3. The van der Waals surface area contributed by atoms with Crippen LogP contribution in [0.2, 0.25) is 0 Å². The number of aromatic nitrogens is 1. The number of pyridine rings is 1. The molecule has 2 N–H and O–H groups in total. The number of likely N-dealkylation sites (tertiary alicyclic amines) is 1. The lowest BCUT2D eigenvalue weighted by molar-refractivity contribution is 0.0930. The number of amides is 1. The molecule has 7 nitrogen and oxygen atoms in total. The van der Waals surface area contributed by atoms with Gasteiger partial charge in [-0.1, -0.05) is 32.9 Å². The fourth-order valence-corrected chi connectivity index (χ4v) is 8.45. The van der Waals surface area contributed by atoms with Gasteiger partial charge in [-0.05, 0) is 110 Å². The van der Waals surface area contributed by atoms with Crippen LogP contribution in [-0.4, -0.2) is 50.1 Å². The van der Waals surface area contributed by atoms with Gasteiger partial charge in [0.2, 0.25) is 10.0 Å². The summed E-state index contributed by atoms with van der Waals surface area (Å²) in [5.74, 6) is 0.529. The minimum absolute atomic E-state index is 0.104. The summed E-state index contributed by atoms with van der Waals surface area (Å²) in [5.41, 5.74) is 4.71. The standard InChI is InChI=1S/C33H44N4O3S2/c1-32(2,3)25-9-10-27-23(18-25)17-24-20-29(41-31(24)35-27)30(38)34-28(11-16-37-15-6-12-33(21-37)13-14-33)22-7-5-8-26(19-22)36-42(4,39)40/h5,7-8,17,19-20,25,28,36H,6,9-16,18,21H2,1-4H3,(H,34,38)/t25-,28+/m0/s1. The van der Waals surface area contributed by atoms with Crippen LogP contribution < -0.4 is 10.0 Å². The molecule has 2 atom stereocenters. The predicted octanol–water partition coefficient (Wildman–Crippen LogP) is 6.56. The Hall–Kier alpha value is -2.49. The zero-order chi connectivity index (χ0) is 29.7. The summed E-state index contributed by atoms with van der Waals surface area (Å²) in [6, 6.07) is 11.4. The van der Waals surface area contributed by atoms with Crippen LogP contribution in [0.4, 0.5) is 5.69 Å². The molecule has 0 unspecified atom stereocenters. The van der Waals surface area contributed by atoms with Gasteiger partial charge in [0.15, 0.2) is 0 Å². The normalized spacial score (nSPS) is 21.2. The van der Waals surface area contributed by atoms with Crippen molar-refractivity contribution >= 4 is 43.2 Å². The van der Waals surface area contributed by atoms with Gasteiger partial charge in [-0.15, -0.1) is 11.3 Å². The number of hydrogen-bond donors (Lipinski definition) is 2. The van der Waals surface area contributed by atoms with E-state index >= 15 is 0 Å². The molecule has 0 bridgehead atoms. The zero-order valence-corrected chi connectivity index (χ0v) is 27.0. The molecule has 0 radical (unpaired) electrons. The van der Waals surface area contributed by atoms with E-state index < -0.39 is 10.0 Å². The van der Waals surface area contributed by atoms with Crippen molar-refractivity contribution in [3.8, 4) is 0 Å². The molecule has 3 aromatic rings. The average Bonchev–Trinajstić information content (AvgIpc) is 3.52. The highest BCUT2D eigenvalue weighted by Gasteiger charge is 2.45. The summed E-state index contributed by atoms with van der Waals surface area (Å²) in [4.78, 5) is 22.9. The fourth-order valence-electron chi connectivity index (χ4n) is 6.96. The number of hydrogen-bond acceptors (Lipinski definition) is 6. The van der Waals surface area contributed by atoms with Gasteiger partial charge in [-0.25, -0.2) is 13.4 Å². The second-order valence-corrected chi connectivity index (χ2v) is 16.9. The van der Waals surface area contributed by atoms with Crippen LogP contribution in [-0.2, 0) is 22.9 Å². The summed E-state index contributed by atoms with van der Waals surface area (Å²) >= 11 is 1.46. The number of benzene rings is 1. The van der Waals surface area contributed by atoms with Crippen LogP contribution in [0.15, 0.2) is 36.4 Å². The second-order valence-electron chi connectivity index (χ2n) is 14.1. The molecule has 2 aliphatic carbocycles. The van der Waals surface area contributed by atoms with Crippen LogP contribution >= 0.6 is 11.3 Å². The lowest BCUT2D eigenvalue weighted by atomic mass is 9.71. The Morgan fingerprint density at radius 3 is 2.74 bits per heavy atom. The Labute approximate surface area is 254 Å². The Kier molecular flexibility index (Phi) is 7.90. The van der Waals surface area contributed by atoms with E-state index in [9.17, 15) is 13.2 Å². The van der Waals surface area contributed by atoms with E-state index in [1.807, 2.05) is 24.3 Å². The number of nitrogens with zero attached hydrogens (tertiary/aromatic N) is 2. The lowest BCUT2D eigenvalue weighted by Gasteiger charge is -2.34. The molecular weight excluding hydrogens is 565 g/mol. The van der Waals surface area contributed by atoms with E-state index in [0.29, 0.717) is 21.9 Å². The Morgan fingerprint density at radius 1 is 1.19 bits per heavy atom. The molecular formula is C33H44N4O3S2. The molecule has 1 amide bonds. The fraction of sp³-hybridized carbons (Fsp3) is 0.576. The predicted molar refractivity (Wildman–Crippen MR) is 172 cm³/mol. The maximum Gasteiger partial charge on any atom is 0.261 e. The summed E-state index contributed by atoms with van der Waals surface area (Å²) in [6.45, 7) is 10.1. The van der Waals surface area contributed by atoms with Gasteiger partial charge < -0.3 is 10.2 Å². The highest BCUT2D eigenvalue weighted by Crippen LogP contribution is 2.52. The van der Waals surface area contributed by atoms with E-state index in [0.717, 1.165) is 67.4 Å². The summed E-state index contributed by atoms with van der Waals surface area (Å²) < 4.78 is 26.4. The second kappa shape index (κ2) is 11.2. The van der Waals surface area contributed by atoms with Crippen molar-refractivity contribution in [3.05, 3.63) is 58.1 Å². The molecule has 3 aliphatic rings. The van der Waals surface area contributed by atoms with Gasteiger partial charge >= 0.3 is 0 Å². The van der Waals surface area contributed by atoms with Crippen molar-refractivity contribution < 1.29 is 13.2 Å². The number of fused-ring (bicyclic) bond motifs is 2. The van der Waals surface area contributed by atoms with E-state index in [2.05, 4.69) is 41.8 Å².